The smallest absolute Gasteiger partial charge is 0.248 e. The molecule has 0 aliphatic heterocycles. The van der Waals surface area contributed by atoms with Gasteiger partial charge in [-0.2, -0.15) is 0 Å². The van der Waals surface area contributed by atoms with Gasteiger partial charge < -0.3 is 0 Å². The zero-order valence-corrected chi connectivity index (χ0v) is 14.1. The van der Waals surface area contributed by atoms with Crippen LogP contribution in [-0.2, 0) is 17.8 Å². The molecule has 3 rings (SSSR count). The lowest BCUT2D eigenvalue weighted by molar-refractivity contribution is -0.115. The molecule has 1 amide bonds. The number of nitrogens with zero attached hydrogens (tertiary/aromatic N) is 3. The molecule has 0 spiro atoms. The normalized spacial score (nSPS) is 10.6. The quantitative estimate of drug-likeness (QED) is 0.752. The van der Waals surface area contributed by atoms with E-state index in [9.17, 15) is 4.79 Å². The van der Waals surface area contributed by atoms with Gasteiger partial charge in [-0.05, 0) is 23.3 Å². The molecule has 0 saturated carbocycles. The van der Waals surface area contributed by atoms with Gasteiger partial charge in [0.05, 0.1) is 13.0 Å². The first kappa shape index (κ1) is 16.5. The molecule has 0 bridgehead atoms. The Bertz CT molecular complexity index is 829. The van der Waals surface area contributed by atoms with Crippen LogP contribution in [0.2, 0.25) is 10.0 Å². The Morgan fingerprint density at radius 3 is 2.46 bits per heavy atom. The maximum Gasteiger partial charge on any atom is 0.248 e. The molecule has 1 N–H and O–H groups in total. The molecule has 7 heteroatoms. The minimum absolute atomic E-state index is 0.0612. The van der Waals surface area contributed by atoms with E-state index < -0.39 is 0 Å². The van der Waals surface area contributed by atoms with Gasteiger partial charge in [-0.3, -0.25) is 10.1 Å². The predicted octanol–water partition coefficient (Wildman–Crippen LogP) is 3.81. The van der Waals surface area contributed by atoms with Gasteiger partial charge in [0.15, 0.2) is 0 Å². The molecule has 1 heterocycles. The van der Waals surface area contributed by atoms with Crippen molar-refractivity contribution >= 4 is 35.1 Å². The maximum absolute atomic E-state index is 12.1. The van der Waals surface area contributed by atoms with Gasteiger partial charge >= 0.3 is 0 Å². The van der Waals surface area contributed by atoms with Crippen molar-refractivity contribution in [3.63, 3.8) is 0 Å². The van der Waals surface area contributed by atoms with Crippen LogP contribution in [0.15, 0.2) is 54.9 Å². The van der Waals surface area contributed by atoms with Gasteiger partial charge in [-0.25, -0.2) is 9.67 Å². The van der Waals surface area contributed by atoms with Gasteiger partial charge in [-0.1, -0.05) is 59.6 Å². The van der Waals surface area contributed by atoms with Crippen molar-refractivity contribution in [1.82, 2.24) is 14.8 Å². The molecule has 1 aromatic heterocycles. The zero-order valence-electron chi connectivity index (χ0n) is 12.6. The first-order valence-corrected chi connectivity index (χ1v) is 8.03. The zero-order chi connectivity index (χ0) is 16.9. The highest BCUT2D eigenvalue weighted by atomic mass is 35.5. The largest absolute Gasteiger partial charge is 0.293 e. The summed E-state index contributed by atoms with van der Waals surface area (Å²) in [5.74, 6) is -0.0263. The van der Waals surface area contributed by atoms with E-state index in [1.165, 1.54) is 0 Å². The second-order valence-corrected chi connectivity index (χ2v) is 5.99. The van der Waals surface area contributed by atoms with E-state index in [0.29, 0.717) is 22.2 Å². The average Bonchev–Trinajstić information content (AvgIpc) is 2.99. The second kappa shape index (κ2) is 7.47. The van der Waals surface area contributed by atoms with Crippen LogP contribution in [0.1, 0.15) is 11.1 Å². The molecule has 0 atom stereocenters. The van der Waals surface area contributed by atoms with Gasteiger partial charge in [0.25, 0.3) is 0 Å². The molecule has 0 fully saturated rings. The van der Waals surface area contributed by atoms with Crippen molar-refractivity contribution in [3.05, 3.63) is 76.0 Å². The lowest BCUT2D eigenvalue weighted by atomic mass is 10.1. The second-order valence-electron chi connectivity index (χ2n) is 5.18. The van der Waals surface area contributed by atoms with Crippen molar-refractivity contribution in [1.29, 1.82) is 0 Å². The Kier molecular flexibility index (Phi) is 5.13. The predicted molar refractivity (Wildman–Crippen MR) is 94.4 cm³/mol. The Balaban J connectivity index is 1.63. The molecule has 0 radical (unpaired) electrons. The highest BCUT2D eigenvalue weighted by Gasteiger charge is 2.12. The molecule has 2 aromatic carbocycles. The van der Waals surface area contributed by atoms with Gasteiger partial charge in [-0.15, -0.1) is 5.10 Å². The molecule has 3 aromatic rings. The lowest BCUT2D eigenvalue weighted by Crippen LogP contribution is -2.16. The maximum atomic E-state index is 12.1. The van der Waals surface area contributed by atoms with E-state index in [1.54, 1.807) is 29.2 Å². The minimum atomic E-state index is -0.275. The van der Waals surface area contributed by atoms with Crippen LogP contribution in [0.5, 0.6) is 0 Å². The number of carbonyl (C=O) groups is 1. The van der Waals surface area contributed by atoms with E-state index in [2.05, 4.69) is 15.4 Å². The summed E-state index contributed by atoms with van der Waals surface area (Å²) in [6.07, 6.45) is 1.64. The number of halogens is 2. The fraction of sp³-hybridized carbons (Fsp3) is 0.118. The van der Waals surface area contributed by atoms with Crippen LogP contribution in [0, 0.1) is 0 Å². The summed E-state index contributed by atoms with van der Waals surface area (Å²) in [6.45, 7) is 0.583. The van der Waals surface area contributed by atoms with E-state index in [4.69, 9.17) is 23.2 Å². The number of nitrogens with one attached hydrogen (secondary N) is 1. The fourth-order valence-corrected chi connectivity index (χ4v) is 2.76. The van der Waals surface area contributed by atoms with Crippen LogP contribution < -0.4 is 5.32 Å². The van der Waals surface area contributed by atoms with E-state index in [0.717, 1.165) is 5.56 Å². The van der Waals surface area contributed by atoms with Crippen molar-refractivity contribution < 1.29 is 4.79 Å². The van der Waals surface area contributed by atoms with E-state index >= 15 is 0 Å². The lowest BCUT2D eigenvalue weighted by Gasteiger charge is -2.06. The standard InChI is InChI=1S/C17H14Cl2N4O/c18-14-7-4-8-15(19)13(14)9-16(24)21-17-20-11-23(22-17)10-12-5-2-1-3-6-12/h1-8,11H,9-10H2,(H,21,22,24). The molecule has 0 aliphatic carbocycles. The summed E-state index contributed by atoms with van der Waals surface area (Å²) in [4.78, 5) is 16.2. The van der Waals surface area contributed by atoms with Crippen molar-refractivity contribution in [2.24, 2.45) is 0 Å². The van der Waals surface area contributed by atoms with Crippen LogP contribution in [0.25, 0.3) is 0 Å². The summed E-state index contributed by atoms with van der Waals surface area (Å²) in [5.41, 5.74) is 1.69. The van der Waals surface area contributed by atoms with Crippen LogP contribution in [0.4, 0.5) is 5.95 Å². The molecule has 5 nitrogen and oxygen atoms in total. The number of hydrogen-bond donors (Lipinski definition) is 1. The SMILES string of the molecule is O=C(Cc1c(Cl)cccc1Cl)Nc1ncn(Cc2ccccc2)n1. The van der Waals surface area contributed by atoms with Crippen LogP contribution in [0.3, 0.4) is 0 Å². The van der Waals surface area contributed by atoms with Crippen molar-refractivity contribution in [3.8, 4) is 0 Å². The highest BCUT2D eigenvalue weighted by Crippen LogP contribution is 2.24. The third-order valence-corrected chi connectivity index (χ3v) is 4.08. The van der Waals surface area contributed by atoms with Gasteiger partial charge in [0, 0.05) is 10.0 Å². The number of rotatable bonds is 5. The number of hydrogen-bond acceptors (Lipinski definition) is 3. The Morgan fingerprint density at radius 2 is 1.75 bits per heavy atom. The first-order valence-electron chi connectivity index (χ1n) is 7.28. The van der Waals surface area contributed by atoms with Crippen molar-refractivity contribution in [2.75, 3.05) is 5.32 Å². The summed E-state index contributed by atoms with van der Waals surface area (Å²) in [5, 5.41) is 7.81. The molecular formula is C17H14Cl2N4O. The number of amides is 1. The van der Waals surface area contributed by atoms with Crippen LogP contribution in [-0.4, -0.2) is 20.7 Å². The monoisotopic (exact) mass is 360 g/mol. The molecule has 0 unspecified atom stereocenters. The number of carbonyl (C=O) groups excluding carboxylic acids is 1. The Hall–Kier alpha value is -2.37. The Morgan fingerprint density at radius 1 is 1.04 bits per heavy atom. The third-order valence-electron chi connectivity index (χ3n) is 3.37. The van der Waals surface area contributed by atoms with Crippen LogP contribution >= 0.6 is 23.2 Å². The molecule has 24 heavy (non-hydrogen) atoms. The number of aromatic nitrogens is 3. The summed E-state index contributed by atoms with van der Waals surface area (Å²) in [6, 6.07) is 15.0. The third kappa shape index (κ3) is 4.13. The van der Waals surface area contributed by atoms with E-state index in [1.807, 2.05) is 30.3 Å². The molecular weight excluding hydrogens is 347 g/mol. The topological polar surface area (TPSA) is 59.8 Å². The fourth-order valence-electron chi connectivity index (χ4n) is 2.23. The molecule has 0 saturated heterocycles. The summed E-state index contributed by atoms with van der Waals surface area (Å²) < 4.78 is 1.66. The molecule has 0 aliphatic rings. The first-order chi connectivity index (χ1) is 11.6. The summed E-state index contributed by atoms with van der Waals surface area (Å²) in [7, 11) is 0. The number of anilines is 1. The summed E-state index contributed by atoms with van der Waals surface area (Å²) >= 11 is 12.1. The average molecular weight is 361 g/mol. The molecule has 122 valence electrons. The van der Waals surface area contributed by atoms with E-state index in [-0.39, 0.29) is 18.3 Å². The number of benzene rings is 2. The van der Waals surface area contributed by atoms with Crippen molar-refractivity contribution in [2.45, 2.75) is 13.0 Å². The Labute approximate surface area is 149 Å². The highest BCUT2D eigenvalue weighted by molar-refractivity contribution is 6.36. The minimum Gasteiger partial charge on any atom is -0.293 e. The van der Waals surface area contributed by atoms with Gasteiger partial charge in [0.2, 0.25) is 11.9 Å². The van der Waals surface area contributed by atoms with Gasteiger partial charge in [0.1, 0.15) is 6.33 Å².